The average molecular weight is 344 g/mol. The van der Waals surface area contributed by atoms with Gasteiger partial charge in [0.05, 0.1) is 6.10 Å². The Bertz CT molecular complexity index is 313. The first-order valence-corrected chi connectivity index (χ1v) is 14.6. The number of nitrogens with one attached hydrogen (secondary N) is 1. The van der Waals surface area contributed by atoms with Crippen LogP contribution in [0.5, 0.6) is 0 Å². The lowest BCUT2D eigenvalue weighted by molar-refractivity contribution is 0.156. The van der Waals surface area contributed by atoms with Crippen LogP contribution in [0, 0.1) is 0 Å². The maximum atomic E-state index is 6.93. The van der Waals surface area contributed by atoms with Gasteiger partial charge in [-0.25, -0.2) is 0 Å². The highest BCUT2D eigenvalue weighted by Crippen LogP contribution is 2.43. The lowest BCUT2D eigenvalue weighted by Crippen LogP contribution is -2.57. The predicted octanol–water partition coefficient (Wildman–Crippen LogP) is 5.94. The summed E-state index contributed by atoms with van der Waals surface area (Å²) in [6, 6.07) is 0.382. The monoisotopic (exact) mass is 343 g/mol. The molecular formula is C18H41NOSi2. The minimum Gasteiger partial charge on any atom is -0.412 e. The molecule has 0 heterocycles. The van der Waals surface area contributed by atoms with E-state index in [0.717, 1.165) is 6.42 Å². The Balaban J connectivity index is 5.36. The molecular weight excluding hydrogens is 302 g/mol. The van der Waals surface area contributed by atoms with Crippen molar-refractivity contribution in [3.05, 3.63) is 12.7 Å². The fourth-order valence-electron chi connectivity index (χ4n) is 3.92. The van der Waals surface area contributed by atoms with Gasteiger partial charge in [-0.15, -0.1) is 6.58 Å². The summed E-state index contributed by atoms with van der Waals surface area (Å²) in [7, 11) is -3.16. The van der Waals surface area contributed by atoms with Gasteiger partial charge in [0.1, 0.15) is 8.24 Å². The number of rotatable bonds is 10. The summed E-state index contributed by atoms with van der Waals surface area (Å²) in [4.78, 5) is 3.86. The van der Waals surface area contributed by atoms with Crippen molar-refractivity contribution in [2.45, 2.75) is 103 Å². The first kappa shape index (κ1) is 22.1. The molecule has 4 heteroatoms. The smallest absolute Gasteiger partial charge is 0.200 e. The van der Waals surface area contributed by atoms with Gasteiger partial charge >= 0.3 is 0 Å². The molecule has 0 aliphatic rings. The van der Waals surface area contributed by atoms with E-state index in [1.54, 1.807) is 0 Å². The van der Waals surface area contributed by atoms with Crippen LogP contribution >= 0.6 is 0 Å². The minimum atomic E-state index is -1.82. The molecule has 0 fully saturated rings. The molecule has 0 rings (SSSR count). The Morgan fingerprint density at radius 2 is 1.32 bits per heavy atom. The first-order chi connectivity index (χ1) is 9.88. The lowest BCUT2D eigenvalue weighted by Gasteiger charge is -2.46. The highest BCUT2D eigenvalue weighted by Gasteiger charge is 2.46. The molecule has 0 unspecified atom stereocenters. The second kappa shape index (κ2) is 8.81. The highest BCUT2D eigenvalue weighted by atomic mass is 28.4. The van der Waals surface area contributed by atoms with Crippen LogP contribution in [0.3, 0.4) is 0 Å². The number of hydrogen-bond acceptors (Lipinski definition) is 2. The van der Waals surface area contributed by atoms with Crippen molar-refractivity contribution in [3.8, 4) is 0 Å². The van der Waals surface area contributed by atoms with Crippen molar-refractivity contribution in [2.24, 2.45) is 0 Å². The zero-order valence-electron chi connectivity index (χ0n) is 16.8. The van der Waals surface area contributed by atoms with Crippen LogP contribution in [0.1, 0.15) is 54.9 Å². The van der Waals surface area contributed by atoms with Crippen LogP contribution in [-0.2, 0) is 4.43 Å². The van der Waals surface area contributed by atoms with Crippen molar-refractivity contribution in [3.63, 3.8) is 0 Å². The lowest BCUT2D eigenvalue weighted by atomic mass is 10.1. The first-order valence-electron chi connectivity index (χ1n) is 8.94. The Morgan fingerprint density at radius 3 is 1.59 bits per heavy atom. The van der Waals surface area contributed by atoms with Crippen molar-refractivity contribution in [1.82, 2.24) is 4.98 Å². The Morgan fingerprint density at radius 1 is 0.909 bits per heavy atom. The van der Waals surface area contributed by atoms with Crippen LogP contribution in [0.25, 0.3) is 0 Å². The Hall–Kier alpha value is 0.0938. The molecule has 0 saturated heterocycles. The summed E-state index contributed by atoms with van der Waals surface area (Å²) in [5.74, 6) is 0. The maximum absolute atomic E-state index is 6.93. The van der Waals surface area contributed by atoms with Gasteiger partial charge in [0.15, 0.2) is 0 Å². The third kappa shape index (κ3) is 5.95. The van der Waals surface area contributed by atoms with Gasteiger partial charge in [0, 0.05) is 6.04 Å². The van der Waals surface area contributed by atoms with Crippen molar-refractivity contribution in [1.29, 1.82) is 0 Å². The van der Waals surface area contributed by atoms with Gasteiger partial charge < -0.3 is 9.41 Å². The van der Waals surface area contributed by atoms with E-state index >= 15 is 0 Å². The van der Waals surface area contributed by atoms with Gasteiger partial charge in [-0.1, -0.05) is 67.3 Å². The average Bonchev–Trinajstić information content (AvgIpc) is 2.31. The van der Waals surface area contributed by atoms with E-state index in [2.05, 4.69) is 79.7 Å². The molecule has 0 aromatic heterocycles. The molecule has 0 aromatic rings. The molecule has 2 nitrogen and oxygen atoms in total. The molecule has 0 spiro atoms. The third-order valence-electron chi connectivity index (χ3n) is 4.70. The van der Waals surface area contributed by atoms with E-state index in [9.17, 15) is 0 Å². The molecule has 0 radical (unpaired) electrons. The highest BCUT2D eigenvalue weighted by molar-refractivity contribution is 6.77. The molecule has 0 amide bonds. The van der Waals surface area contributed by atoms with Crippen molar-refractivity contribution in [2.75, 3.05) is 0 Å². The van der Waals surface area contributed by atoms with Gasteiger partial charge in [-0.2, -0.15) is 0 Å². The second-order valence-corrected chi connectivity index (χ2v) is 18.9. The van der Waals surface area contributed by atoms with Gasteiger partial charge in [0.25, 0.3) is 0 Å². The van der Waals surface area contributed by atoms with E-state index in [4.69, 9.17) is 4.43 Å². The van der Waals surface area contributed by atoms with E-state index in [1.165, 1.54) is 0 Å². The Kier molecular flexibility index (Phi) is 8.85. The fourth-order valence-corrected chi connectivity index (χ4v) is 11.0. The van der Waals surface area contributed by atoms with Crippen LogP contribution in [0.2, 0.25) is 36.3 Å². The second-order valence-electron chi connectivity index (χ2n) is 8.67. The summed E-state index contributed by atoms with van der Waals surface area (Å²) in [6.45, 7) is 27.4. The SMILES string of the molecule is C=CC[C@H](N[Si](C)(C)C)[C@H](C)O[Si](C(C)C)(C(C)C)C(C)C. The van der Waals surface area contributed by atoms with Gasteiger partial charge in [0.2, 0.25) is 8.32 Å². The van der Waals surface area contributed by atoms with E-state index < -0.39 is 16.6 Å². The topological polar surface area (TPSA) is 21.3 Å². The molecule has 0 aliphatic heterocycles. The molecule has 0 aliphatic carbocycles. The van der Waals surface area contributed by atoms with Gasteiger partial charge in [-0.05, 0) is 30.0 Å². The van der Waals surface area contributed by atoms with Gasteiger partial charge in [-0.3, -0.25) is 0 Å². The van der Waals surface area contributed by atoms with Crippen molar-refractivity contribution < 1.29 is 4.43 Å². The molecule has 1 N–H and O–H groups in total. The molecule has 0 bridgehead atoms. The summed E-state index contributed by atoms with van der Waals surface area (Å²) >= 11 is 0. The largest absolute Gasteiger partial charge is 0.412 e. The fraction of sp³-hybridized carbons (Fsp3) is 0.889. The zero-order chi connectivity index (χ0) is 17.7. The quantitative estimate of drug-likeness (QED) is 0.392. The molecule has 132 valence electrons. The number of hydrogen-bond donors (Lipinski definition) is 1. The molecule has 0 saturated carbocycles. The summed E-state index contributed by atoms with van der Waals surface area (Å²) in [5, 5.41) is 0. The third-order valence-corrected chi connectivity index (χ3v) is 12.1. The van der Waals surface area contributed by atoms with Crippen LogP contribution in [-0.4, -0.2) is 28.7 Å². The van der Waals surface area contributed by atoms with Crippen LogP contribution in [0.4, 0.5) is 0 Å². The zero-order valence-corrected chi connectivity index (χ0v) is 18.8. The summed E-state index contributed by atoms with van der Waals surface area (Å²) in [5.41, 5.74) is 1.89. The molecule has 2 atom stereocenters. The maximum Gasteiger partial charge on any atom is 0.200 e. The normalized spacial score (nSPS) is 16.4. The van der Waals surface area contributed by atoms with Crippen LogP contribution < -0.4 is 4.98 Å². The van der Waals surface area contributed by atoms with Crippen molar-refractivity contribution >= 4 is 16.6 Å². The molecule has 22 heavy (non-hydrogen) atoms. The van der Waals surface area contributed by atoms with E-state index in [-0.39, 0.29) is 6.10 Å². The van der Waals surface area contributed by atoms with E-state index in [0.29, 0.717) is 22.7 Å². The Labute approximate surface area is 142 Å². The summed E-state index contributed by atoms with van der Waals surface area (Å²) < 4.78 is 6.93. The van der Waals surface area contributed by atoms with Crippen LogP contribution in [0.15, 0.2) is 12.7 Å². The standard InChI is InChI=1S/C18H41NOSi2/c1-12-13-18(19-21(9,10)11)17(8)20-22(14(2)3,15(4)5)16(6)7/h12,14-19H,1,13H2,2-11H3/t17-,18-/m0/s1. The van der Waals surface area contributed by atoms with E-state index in [1.807, 2.05) is 6.08 Å². The predicted molar refractivity (Wildman–Crippen MR) is 107 cm³/mol. The minimum absolute atomic E-state index is 0.239. The summed E-state index contributed by atoms with van der Waals surface area (Å²) in [6.07, 6.45) is 3.24. The molecule has 0 aromatic carbocycles.